The Morgan fingerprint density at radius 2 is 1.77 bits per heavy atom. The molecule has 3 heterocycles. The normalized spacial score (nSPS) is 28.3. The van der Waals surface area contributed by atoms with Gasteiger partial charge in [-0.05, 0) is 47.6 Å². The number of aromatic amines is 1. The fourth-order valence-electron chi connectivity index (χ4n) is 5.29. The highest BCUT2D eigenvalue weighted by Crippen LogP contribution is 2.40. The van der Waals surface area contributed by atoms with Crippen molar-refractivity contribution in [1.29, 1.82) is 0 Å². The number of aromatic nitrogens is 1. The fraction of sp³-hybridized carbons (Fsp3) is 0.417. The van der Waals surface area contributed by atoms with Crippen LogP contribution in [0.3, 0.4) is 0 Å². The van der Waals surface area contributed by atoms with Gasteiger partial charge in [0, 0.05) is 29.3 Å². The van der Waals surface area contributed by atoms with Crippen LogP contribution < -0.4 is 11.1 Å². The summed E-state index contributed by atoms with van der Waals surface area (Å²) in [4.78, 5) is 28.5. The van der Waals surface area contributed by atoms with E-state index in [1.165, 1.54) is 0 Å². The average molecular weight is 421 g/mol. The third-order valence-electron chi connectivity index (χ3n) is 7.47. The second-order valence-corrected chi connectivity index (χ2v) is 9.08. The molecular weight excluding hydrogens is 394 g/mol. The molecule has 3 aromatic rings. The molecular formula is C24H27N3O4. The molecule has 2 aromatic carbocycles. The number of nitrogens with one attached hydrogen (secondary N) is 2. The predicted octanol–water partition coefficient (Wildman–Crippen LogP) is 3.09. The highest BCUT2D eigenvalue weighted by Gasteiger charge is 2.39. The summed E-state index contributed by atoms with van der Waals surface area (Å²) in [7, 11) is 0. The molecule has 0 bridgehead atoms. The van der Waals surface area contributed by atoms with Crippen molar-refractivity contribution in [3.63, 3.8) is 0 Å². The quantitative estimate of drug-likeness (QED) is 0.485. The number of fused-ring (bicyclic) bond motifs is 5. The van der Waals surface area contributed by atoms with E-state index in [1.54, 1.807) is 18.2 Å². The number of amides is 2. The topological polar surface area (TPSA) is 117 Å². The smallest absolute Gasteiger partial charge is 0.259 e. The molecule has 5 rings (SSSR count). The van der Waals surface area contributed by atoms with Crippen LogP contribution in [0.5, 0.6) is 5.75 Å². The lowest BCUT2D eigenvalue weighted by Crippen LogP contribution is -2.48. The number of rotatable bonds is 3. The Morgan fingerprint density at radius 3 is 2.52 bits per heavy atom. The first-order chi connectivity index (χ1) is 14.8. The van der Waals surface area contributed by atoms with Crippen LogP contribution in [0.1, 0.15) is 47.1 Å². The number of phenols is 1. The first-order valence-corrected chi connectivity index (χ1v) is 10.8. The van der Waals surface area contributed by atoms with Gasteiger partial charge in [0.2, 0.25) is 0 Å². The third kappa shape index (κ3) is 2.95. The number of imide groups is 1. The standard InChI is InChI=1S/C24H27N3O4/c1-10-11(2)18(31-19(9-25)12(10)3)7-13-6-16-21(24(30)27-23(16)29)20-15-8-14(28)4-5-17(15)26-22(13)20/h4-6,8,10-12,18-19,26,28H,7,9,25H2,1-3H3,(H,27,29,30)/t10-,11-,12+,18?,19-/m1/s1. The third-order valence-corrected chi connectivity index (χ3v) is 7.47. The lowest BCUT2D eigenvalue weighted by Gasteiger charge is -2.43. The maximum Gasteiger partial charge on any atom is 0.259 e. The van der Waals surface area contributed by atoms with Gasteiger partial charge in [0.15, 0.2) is 0 Å². The summed E-state index contributed by atoms with van der Waals surface area (Å²) in [6.45, 7) is 7.09. The molecule has 7 heteroatoms. The van der Waals surface area contributed by atoms with Gasteiger partial charge in [0.05, 0.1) is 28.9 Å². The van der Waals surface area contributed by atoms with Crippen molar-refractivity contribution in [3.8, 4) is 5.75 Å². The van der Waals surface area contributed by atoms with Crippen molar-refractivity contribution in [1.82, 2.24) is 10.3 Å². The van der Waals surface area contributed by atoms with Gasteiger partial charge in [-0.2, -0.15) is 0 Å². The number of benzene rings is 2. The second kappa shape index (κ2) is 7.07. The van der Waals surface area contributed by atoms with Crippen LogP contribution in [0, 0.1) is 17.8 Å². The van der Waals surface area contributed by atoms with E-state index in [0.717, 1.165) is 22.0 Å². The van der Waals surface area contributed by atoms with E-state index < -0.39 is 11.8 Å². The SMILES string of the molecule is C[C@H]1[C@H](C)[C@@H](C)C(Cc2cc3c(c4c2[nH]c2ccc(O)cc24)C(=O)NC3=O)O[C@@H]1CN. The van der Waals surface area contributed by atoms with Crippen LogP contribution in [-0.2, 0) is 11.2 Å². The summed E-state index contributed by atoms with van der Waals surface area (Å²) < 4.78 is 6.40. The van der Waals surface area contributed by atoms with Crippen LogP contribution in [-0.4, -0.2) is 40.7 Å². The van der Waals surface area contributed by atoms with E-state index in [9.17, 15) is 14.7 Å². The number of H-pyrrole nitrogens is 1. The van der Waals surface area contributed by atoms with Crippen LogP contribution in [0.2, 0.25) is 0 Å². The number of carbonyl (C=O) groups is 2. The molecule has 162 valence electrons. The molecule has 31 heavy (non-hydrogen) atoms. The van der Waals surface area contributed by atoms with Crippen molar-refractivity contribution >= 4 is 33.6 Å². The maximum absolute atomic E-state index is 12.6. The zero-order valence-corrected chi connectivity index (χ0v) is 17.9. The highest BCUT2D eigenvalue weighted by molar-refractivity contribution is 6.30. The van der Waals surface area contributed by atoms with Gasteiger partial charge in [0.25, 0.3) is 11.8 Å². The number of hydrogen-bond acceptors (Lipinski definition) is 5. The van der Waals surface area contributed by atoms with Gasteiger partial charge in [-0.3, -0.25) is 14.9 Å². The van der Waals surface area contributed by atoms with Crippen LogP contribution >= 0.6 is 0 Å². The van der Waals surface area contributed by atoms with E-state index >= 15 is 0 Å². The van der Waals surface area contributed by atoms with Crippen molar-refractivity contribution < 1.29 is 19.4 Å². The largest absolute Gasteiger partial charge is 0.508 e. The lowest BCUT2D eigenvalue weighted by molar-refractivity contribution is -0.127. The number of phenolic OH excluding ortho intramolecular Hbond substituents is 1. The van der Waals surface area contributed by atoms with Gasteiger partial charge in [0.1, 0.15) is 5.75 Å². The van der Waals surface area contributed by atoms with E-state index in [2.05, 4.69) is 31.1 Å². The molecule has 2 aliphatic rings. The van der Waals surface area contributed by atoms with Crippen LogP contribution in [0.4, 0.5) is 0 Å². The minimum absolute atomic E-state index is 0.00865. The van der Waals surface area contributed by atoms with Crippen LogP contribution in [0.15, 0.2) is 24.3 Å². The molecule has 0 spiro atoms. The molecule has 1 aromatic heterocycles. The highest BCUT2D eigenvalue weighted by atomic mass is 16.5. The summed E-state index contributed by atoms with van der Waals surface area (Å²) in [5.74, 6) is 0.434. The Balaban J connectivity index is 1.69. The molecule has 0 aliphatic carbocycles. The Labute approximate surface area is 179 Å². The molecule has 5 N–H and O–H groups in total. The average Bonchev–Trinajstić information content (AvgIpc) is 3.25. The van der Waals surface area contributed by atoms with Crippen molar-refractivity contribution in [2.45, 2.75) is 39.4 Å². The zero-order chi connectivity index (χ0) is 22.0. The van der Waals surface area contributed by atoms with Crippen molar-refractivity contribution in [3.05, 3.63) is 41.0 Å². The minimum atomic E-state index is -0.409. The molecule has 2 aliphatic heterocycles. The van der Waals surface area contributed by atoms with E-state index in [0.29, 0.717) is 47.2 Å². The summed E-state index contributed by atoms with van der Waals surface area (Å²) in [6, 6.07) is 6.82. The number of ether oxygens (including phenoxy) is 1. The Kier molecular flexibility index (Phi) is 4.57. The molecule has 0 saturated carbocycles. The van der Waals surface area contributed by atoms with Gasteiger partial charge >= 0.3 is 0 Å². The summed E-state index contributed by atoms with van der Waals surface area (Å²) in [6.07, 6.45) is 0.533. The van der Waals surface area contributed by atoms with Gasteiger partial charge < -0.3 is 20.6 Å². The minimum Gasteiger partial charge on any atom is -0.508 e. The van der Waals surface area contributed by atoms with E-state index in [4.69, 9.17) is 10.5 Å². The van der Waals surface area contributed by atoms with Gasteiger partial charge in [-0.15, -0.1) is 0 Å². The molecule has 2 amide bonds. The summed E-state index contributed by atoms with van der Waals surface area (Å²) in [5.41, 5.74) is 9.23. The first-order valence-electron chi connectivity index (χ1n) is 10.8. The monoisotopic (exact) mass is 421 g/mol. The summed E-state index contributed by atoms with van der Waals surface area (Å²) >= 11 is 0. The Bertz CT molecular complexity index is 1230. The predicted molar refractivity (Wildman–Crippen MR) is 118 cm³/mol. The molecule has 7 nitrogen and oxygen atoms in total. The van der Waals surface area contributed by atoms with Crippen LogP contribution in [0.25, 0.3) is 21.8 Å². The molecule has 1 fully saturated rings. The fourth-order valence-corrected chi connectivity index (χ4v) is 5.29. The molecule has 0 radical (unpaired) electrons. The Hall–Kier alpha value is -2.90. The zero-order valence-electron chi connectivity index (χ0n) is 17.9. The van der Waals surface area contributed by atoms with Gasteiger partial charge in [-0.25, -0.2) is 0 Å². The van der Waals surface area contributed by atoms with Crippen molar-refractivity contribution in [2.24, 2.45) is 23.5 Å². The second-order valence-electron chi connectivity index (χ2n) is 9.08. The molecule has 1 saturated heterocycles. The molecule has 5 atom stereocenters. The number of carbonyl (C=O) groups excluding carboxylic acids is 2. The maximum atomic E-state index is 12.6. The first kappa shape index (κ1) is 20.0. The lowest BCUT2D eigenvalue weighted by atomic mass is 9.75. The molecule has 1 unspecified atom stereocenters. The Morgan fingerprint density at radius 1 is 1.03 bits per heavy atom. The van der Waals surface area contributed by atoms with Crippen molar-refractivity contribution in [2.75, 3.05) is 6.54 Å². The van der Waals surface area contributed by atoms with E-state index in [1.807, 2.05) is 6.07 Å². The number of nitrogens with two attached hydrogens (primary N) is 1. The number of hydrogen-bond donors (Lipinski definition) is 4. The number of aromatic hydroxyl groups is 1. The van der Waals surface area contributed by atoms with E-state index in [-0.39, 0.29) is 18.0 Å². The van der Waals surface area contributed by atoms with Gasteiger partial charge in [-0.1, -0.05) is 20.8 Å². The summed E-state index contributed by atoms with van der Waals surface area (Å²) in [5, 5.41) is 13.8.